The number of hydrogen-bond acceptors (Lipinski definition) is 3. The van der Waals surface area contributed by atoms with E-state index >= 15 is 0 Å². The molecule has 0 unspecified atom stereocenters. The van der Waals surface area contributed by atoms with Crippen molar-refractivity contribution in [3.63, 3.8) is 0 Å². The summed E-state index contributed by atoms with van der Waals surface area (Å²) in [6.45, 7) is 0. The largest absolute Gasteiger partial charge is 0.494 e. The van der Waals surface area contributed by atoms with Crippen LogP contribution in [0.1, 0.15) is 5.56 Å². The van der Waals surface area contributed by atoms with E-state index < -0.39 is 0 Å². The van der Waals surface area contributed by atoms with Crippen LogP contribution in [0.5, 0.6) is 5.75 Å². The number of anilines is 2. The van der Waals surface area contributed by atoms with Crippen molar-refractivity contribution in [2.45, 2.75) is 0 Å². The van der Waals surface area contributed by atoms with Crippen LogP contribution in [0.4, 0.5) is 11.4 Å². The number of ether oxygens (including phenoxy) is 1. The first kappa shape index (κ1) is 16.2. The van der Waals surface area contributed by atoms with Crippen molar-refractivity contribution in [3.05, 3.63) is 58.1 Å². The van der Waals surface area contributed by atoms with Gasteiger partial charge in [0, 0.05) is 27.9 Å². The van der Waals surface area contributed by atoms with Crippen molar-refractivity contribution in [3.8, 4) is 5.75 Å². The molecule has 22 heavy (non-hydrogen) atoms. The molecule has 2 aromatic carbocycles. The smallest absolute Gasteiger partial charge is 0.248 e. The summed E-state index contributed by atoms with van der Waals surface area (Å²) in [7, 11) is 1.51. The number of nitrogens with one attached hydrogen (secondary N) is 1. The minimum absolute atomic E-state index is 0.311. The second-order valence-electron chi connectivity index (χ2n) is 4.45. The van der Waals surface area contributed by atoms with Crippen LogP contribution >= 0.6 is 23.2 Å². The fourth-order valence-electron chi connectivity index (χ4n) is 1.79. The van der Waals surface area contributed by atoms with Crippen molar-refractivity contribution in [1.29, 1.82) is 0 Å². The summed E-state index contributed by atoms with van der Waals surface area (Å²) in [5.41, 5.74) is 7.45. The van der Waals surface area contributed by atoms with E-state index in [9.17, 15) is 4.79 Å². The second kappa shape index (κ2) is 7.20. The summed E-state index contributed by atoms with van der Waals surface area (Å²) < 4.78 is 5.17. The van der Waals surface area contributed by atoms with Gasteiger partial charge in [-0.15, -0.1) is 0 Å². The third-order valence-electron chi connectivity index (χ3n) is 2.86. The molecule has 2 aromatic rings. The van der Waals surface area contributed by atoms with Crippen molar-refractivity contribution in [2.75, 3.05) is 18.2 Å². The third-order valence-corrected chi connectivity index (χ3v) is 3.42. The number of benzene rings is 2. The molecule has 2 rings (SSSR count). The molecule has 114 valence electrons. The van der Waals surface area contributed by atoms with Crippen LogP contribution < -0.4 is 15.8 Å². The van der Waals surface area contributed by atoms with Crippen LogP contribution in [0.25, 0.3) is 6.08 Å². The first-order valence-corrected chi connectivity index (χ1v) is 7.13. The number of carbonyl (C=O) groups excluding carboxylic acids is 1. The Morgan fingerprint density at radius 3 is 2.68 bits per heavy atom. The highest BCUT2D eigenvalue weighted by atomic mass is 35.5. The van der Waals surface area contributed by atoms with Crippen LogP contribution in [0.2, 0.25) is 10.0 Å². The van der Waals surface area contributed by atoms with Gasteiger partial charge in [-0.2, -0.15) is 0 Å². The molecular weight excluding hydrogens is 323 g/mol. The second-order valence-corrected chi connectivity index (χ2v) is 5.29. The van der Waals surface area contributed by atoms with E-state index in [0.29, 0.717) is 32.7 Å². The Balaban J connectivity index is 2.11. The van der Waals surface area contributed by atoms with Crippen LogP contribution in [0.15, 0.2) is 42.5 Å². The fourth-order valence-corrected chi connectivity index (χ4v) is 2.26. The number of carbonyl (C=O) groups is 1. The minimum Gasteiger partial charge on any atom is -0.494 e. The zero-order valence-corrected chi connectivity index (χ0v) is 13.3. The van der Waals surface area contributed by atoms with Gasteiger partial charge in [0.15, 0.2) is 0 Å². The quantitative estimate of drug-likeness (QED) is 0.648. The van der Waals surface area contributed by atoms with Gasteiger partial charge in [-0.05, 0) is 35.9 Å². The summed E-state index contributed by atoms with van der Waals surface area (Å²) in [5.74, 6) is 0.181. The Morgan fingerprint density at radius 2 is 2.00 bits per heavy atom. The number of methoxy groups -OCH3 is 1. The average Bonchev–Trinajstić information content (AvgIpc) is 2.48. The standard InChI is InChI=1S/C16H14Cl2N2O2/c1-22-15-9-12(19)5-6-14(15)20-16(21)7-3-10-2-4-11(17)8-13(10)18/h2-9H,19H2,1H3,(H,20,21)/b7-3+. The SMILES string of the molecule is COc1cc(N)ccc1NC(=O)/C=C/c1ccc(Cl)cc1Cl. The molecule has 4 nitrogen and oxygen atoms in total. The lowest BCUT2D eigenvalue weighted by atomic mass is 10.2. The van der Waals surface area contributed by atoms with E-state index in [0.717, 1.165) is 0 Å². The molecular formula is C16H14Cl2N2O2. The summed E-state index contributed by atoms with van der Waals surface area (Å²) in [6, 6.07) is 10.0. The number of hydrogen-bond donors (Lipinski definition) is 2. The third kappa shape index (κ3) is 4.16. The van der Waals surface area contributed by atoms with Gasteiger partial charge in [0.05, 0.1) is 12.8 Å². The van der Waals surface area contributed by atoms with Gasteiger partial charge >= 0.3 is 0 Å². The summed E-state index contributed by atoms with van der Waals surface area (Å²) >= 11 is 11.9. The highest BCUT2D eigenvalue weighted by Crippen LogP contribution is 2.27. The van der Waals surface area contributed by atoms with Crippen molar-refractivity contribution < 1.29 is 9.53 Å². The summed E-state index contributed by atoms with van der Waals surface area (Å²) in [6.07, 6.45) is 2.99. The predicted molar refractivity (Wildman–Crippen MR) is 91.5 cm³/mol. The first-order valence-electron chi connectivity index (χ1n) is 6.37. The van der Waals surface area contributed by atoms with E-state index in [4.69, 9.17) is 33.7 Å². The molecule has 0 aliphatic carbocycles. The molecule has 0 heterocycles. The van der Waals surface area contributed by atoms with Gasteiger partial charge < -0.3 is 15.8 Å². The van der Waals surface area contributed by atoms with E-state index in [2.05, 4.69) is 5.32 Å². The number of nitrogen functional groups attached to an aromatic ring is 1. The lowest BCUT2D eigenvalue weighted by Crippen LogP contribution is -2.09. The van der Waals surface area contributed by atoms with E-state index in [1.807, 2.05) is 0 Å². The zero-order chi connectivity index (χ0) is 16.1. The normalized spacial score (nSPS) is 10.7. The monoisotopic (exact) mass is 336 g/mol. The summed E-state index contributed by atoms with van der Waals surface area (Å²) in [5, 5.41) is 3.73. The number of halogens is 2. The van der Waals surface area contributed by atoms with E-state index in [1.165, 1.54) is 13.2 Å². The molecule has 0 spiro atoms. The molecule has 0 bridgehead atoms. The van der Waals surface area contributed by atoms with Crippen LogP contribution in [-0.2, 0) is 4.79 Å². The Morgan fingerprint density at radius 1 is 1.23 bits per heavy atom. The van der Waals surface area contributed by atoms with Crippen LogP contribution in [0, 0.1) is 0 Å². The highest BCUT2D eigenvalue weighted by Gasteiger charge is 2.06. The minimum atomic E-state index is -0.311. The molecule has 0 fully saturated rings. The zero-order valence-electron chi connectivity index (χ0n) is 11.8. The van der Waals surface area contributed by atoms with Crippen LogP contribution in [0.3, 0.4) is 0 Å². The van der Waals surface area contributed by atoms with Crippen molar-refractivity contribution in [2.24, 2.45) is 0 Å². The van der Waals surface area contributed by atoms with Gasteiger partial charge in [0.25, 0.3) is 0 Å². The molecule has 3 N–H and O–H groups in total. The maximum absolute atomic E-state index is 12.0. The van der Waals surface area contributed by atoms with Crippen molar-refractivity contribution >= 4 is 46.6 Å². The highest BCUT2D eigenvalue weighted by molar-refractivity contribution is 6.35. The Labute approximate surface area is 138 Å². The van der Waals surface area contributed by atoms with Gasteiger partial charge in [-0.3, -0.25) is 4.79 Å². The Hall–Kier alpha value is -2.17. The number of amides is 1. The van der Waals surface area contributed by atoms with Gasteiger partial charge in [0.2, 0.25) is 5.91 Å². The maximum atomic E-state index is 12.0. The molecule has 0 saturated carbocycles. The Bertz CT molecular complexity index is 730. The molecule has 0 radical (unpaired) electrons. The molecule has 0 atom stereocenters. The van der Waals surface area contributed by atoms with Crippen LogP contribution in [-0.4, -0.2) is 13.0 Å². The van der Waals surface area contributed by atoms with Gasteiger partial charge in [-0.1, -0.05) is 29.3 Å². The molecule has 0 aliphatic heterocycles. The molecule has 0 aromatic heterocycles. The van der Waals surface area contributed by atoms with E-state index in [-0.39, 0.29) is 5.91 Å². The lowest BCUT2D eigenvalue weighted by molar-refractivity contribution is -0.111. The van der Waals surface area contributed by atoms with Gasteiger partial charge in [0.1, 0.15) is 5.75 Å². The number of nitrogens with two attached hydrogens (primary N) is 1. The predicted octanol–water partition coefficient (Wildman–Crippen LogP) is 4.24. The molecule has 1 amide bonds. The number of rotatable bonds is 4. The topological polar surface area (TPSA) is 64.3 Å². The molecule has 6 heteroatoms. The molecule has 0 aliphatic rings. The average molecular weight is 337 g/mol. The Kier molecular flexibility index (Phi) is 5.31. The molecule has 0 saturated heterocycles. The van der Waals surface area contributed by atoms with E-state index in [1.54, 1.807) is 42.5 Å². The summed E-state index contributed by atoms with van der Waals surface area (Å²) in [4.78, 5) is 12.0. The van der Waals surface area contributed by atoms with Gasteiger partial charge in [-0.25, -0.2) is 0 Å². The maximum Gasteiger partial charge on any atom is 0.248 e. The lowest BCUT2D eigenvalue weighted by Gasteiger charge is -2.09. The first-order chi connectivity index (χ1) is 10.5. The fraction of sp³-hybridized carbons (Fsp3) is 0.0625. The van der Waals surface area contributed by atoms with Crippen molar-refractivity contribution in [1.82, 2.24) is 0 Å².